The highest BCUT2D eigenvalue weighted by Gasteiger charge is 2.50. The molecule has 2 aliphatic rings. The molecule has 0 aromatic carbocycles. The van der Waals surface area contributed by atoms with E-state index in [1.165, 1.54) is 0 Å². The van der Waals surface area contributed by atoms with Crippen LogP contribution in [0.4, 0.5) is 13.2 Å². The van der Waals surface area contributed by atoms with Crippen LogP contribution >= 0.6 is 0 Å². The molecule has 0 bridgehead atoms. The fourth-order valence-electron chi connectivity index (χ4n) is 3.97. The highest BCUT2D eigenvalue weighted by molar-refractivity contribution is 5.96. The number of nitrogens with zero attached hydrogens (tertiary/aromatic N) is 3. The number of rotatable bonds is 4. The van der Waals surface area contributed by atoms with Crippen molar-refractivity contribution in [2.24, 2.45) is 0 Å². The Balaban J connectivity index is 0.000000406. The number of alkyl halides is 3. The number of pyridine rings is 1. The molecular weight excluding hydrogens is 459 g/mol. The van der Waals surface area contributed by atoms with Gasteiger partial charge in [-0.1, -0.05) is 11.2 Å². The van der Waals surface area contributed by atoms with Crippen LogP contribution in [0.5, 0.6) is 0 Å². The van der Waals surface area contributed by atoms with Crippen molar-refractivity contribution in [3.05, 3.63) is 46.6 Å². The molecule has 0 aliphatic carbocycles. The molecule has 0 saturated carbocycles. The Kier molecular flexibility index (Phi) is 7.61. The van der Waals surface area contributed by atoms with E-state index in [4.69, 9.17) is 23.9 Å². The van der Waals surface area contributed by atoms with Gasteiger partial charge in [0.2, 0.25) is 0 Å². The van der Waals surface area contributed by atoms with Gasteiger partial charge in [-0.2, -0.15) is 13.2 Å². The van der Waals surface area contributed by atoms with Gasteiger partial charge in [0, 0.05) is 18.7 Å². The molecule has 1 N–H and O–H groups in total. The minimum atomic E-state index is -5.08. The van der Waals surface area contributed by atoms with E-state index in [1.54, 1.807) is 18.7 Å². The summed E-state index contributed by atoms with van der Waals surface area (Å²) >= 11 is 0. The Hall–Kier alpha value is -2.99. The minimum absolute atomic E-state index is 0.0347. The fraction of sp³-hybridized carbons (Fsp3) is 0.545. The van der Waals surface area contributed by atoms with Crippen LogP contribution in [0, 0.1) is 20.8 Å². The predicted octanol–water partition coefficient (Wildman–Crippen LogP) is 3.22. The number of amides is 1. The van der Waals surface area contributed by atoms with E-state index in [-0.39, 0.29) is 17.6 Å². The van der Waals surface area contributed by atoms with Gasteiger partial charge < -0.3 is 24.0 Å². The summed E-state index contributed by atoms with van der Waals surface area (Å²) in [5.41, 5.74) is 2.85. The van der Waals surface area contributed by atoms with Gasteiger partial charge in [0.25, 0.3) is 5.91 Å². The van der Waals surface area contributed by atoms with Gasteiger partial charge in [-0.15, -0.1) is 0 Å². The Morgan fingerprint density at radius 1 is 1.26 bits per heavy atom. The number of carboxylic acids is 1. The first-order chi connectivity index (χ1) is 15.9. The molecule has 2 saturated heterocycles. The zero-order valence-electron chi connectivity index (χ0n) is 19.0. The second-order valence-corrected chi connectivity index (χ2v) is 8.39. The van der Waals surface area contributed by atoms with Gasteiger partial charge in [0.05, 0.1) is 37.2 Å². The number of carbonyl (C=O) groups excluding carboxylic acids is 1. The van der Waals surface area contributed by atoms with E-state index in [2.05, 4.69) is 10.1 Å². The summed E-state index contributed by atoms with van der Waals surface area (Å²) in [5, 5.41) is 11.0. The Morgan fingerprint density at radius 3 is 2.50 bits per heavy atom. The molecule has 186 valence electrons. The zero-order valence-corrected chi connectivity index (χ0v) is 19.0. The lowest BCUT2D eigenvalue weighted by Crippen LogP contribution is -2.67. The number of halogens is 3. The van der Waals surface area contributed by atoms with Crippen LogP contribution in [0.15, 0.2) is 22.7 Å². The molecule has 0 radical (unpaired) electrons. The van der Waals surface area contributed by atoms with Crippen molar-refractivity contribution in [1.29, 1.82) is 0 Å². The van der Waals surface area contributed by atoms with Gasteiger partial charge in [0.1, 0.15) is 16.9 Å². The summed E-state index contributed by atoms with van der Waals surface area (Å²) in [6.07, 6.45) is -3.30. The third-order valence-electron chi connectivity index (χ3n) is 5.60. The second-order valence-electron chi connectivity index (χ2n) is 8.39. The van der Waals surface area contributed by atoms with Crippen LogP contribution in [-0.4, -0.2) is 69.6 Å². The van der Waals surface area contributed by atoms with Crippen molar-refractivity contribution in [3.63, 3.8) is 0 Å². The number of aromatic nitrogens is 2. The van der Waals surface area contributed by atoms with Crippen molar-refractivity contribution >= 4 is 11.9 Å². The molecule has 2 aromatic rings. The first-order valence-electron chi connectivity index (χ1n) is 10.6. The fourth-order valence-corrected chi connectivity index (χ4v) is 3.97. The van der Waals surface area contributed by atoms with Crippen LogP contribution in [0.3, 0.4) is 0 Å². The first-order valence-corrected chi connectivity index (χ1v) is 10.6. The van der Waals surface area contributed by atoms with Crippen molar-refractivity contribution in [2.75, 3.05) is 19.7 Å². The predicted molar refractivity (Wildman–Crippen MR) is 111 cm³/mol. The lowest BCUT2D eigenvalue weighted by atomic mass is 9.84. The quantitative estimate of drug-likeness (QED) is 0.702. The molecule has 9 nitrogen and oxygen atoms in total. The van der Waals surface area contributed by atoms with E-state index in [9.17, 15) is 18.0 Å². The largest absolute Gasteiger partial charge is 0.490 e. The van der Waals surface area contributed by atoms with Crippen molar-refractivity contribution in [3.8, 4) is 0 Å². The number of aryl methyl sites for hydroxylation is 3. The second kappa shape index (κ2) is 10.1. The average molecular weight is 485 g/mol. The number of hydrogen-bond donors (Lipinski definition) is 1. The smallest absolute Gasteiger partial charge is 0.475 e. The normalized spacial score (nSPS) is 19.2. The van der Waals surface area contributed by atoms with Gasteiger partial charge in [0.15, 0.2) is 0 Å². The molecule has 12 heteroatoms. The highest BCUT2D eigenvalue weighted by atomic mass is 19.4. The van der Waals surface area contributed by atoms with E-state index in [0.29, 0.717) is 43.3 Å². The Bertz CT molecular complexity index is 1010. The molecule has 2 fully saturated rings. The van der Waals surface area contributed by atoms with Crippen LogP contribution in [0.25, 0.3) is 0 Å². The average Bonchev–Trinajstić information content (AvgIpc) is 3.08. The summed E-state index contributed by atoms with van der Waals surface area (Å²) in [7, 11) is 0. The molecule has 1 atom stereocenters. The third kappa shape index (κ3) is 6.11. The van der Waals surface area contributed by atoms with E-state index in [0.717, 1.165) is 24.2 Å². The maximum Gasteiger partial charge on any atom is 0.490 e. The van der Waals surface area contributed by atoms with Crippen molar-refractivity contribution in [1.82, 2.24) is 15.0 Å². The standard InChI is InChI=1S/C20H25N3O4.C2HF3O2/c1-13-5-4-6-16(21-13)10-25-17-7-8-26-20(9-17)11-23(12-20)19(24)18-14(2)22-27-15(18)3;3-2(4,5)1(6)7/h4-6,17H,7-12H2,1-3H3;(H,6,7). The molecule has 4 rings (SSSR count). The summed E-state index contributed by atoms with van der Waals surface area (Å²) in [5.74, 6) is -2.23. The van der Waals surface area contributed by atoms with Gasteiger partial charge in [-0.3, -0.25) is 9.78 Å². The summed E-state index contributed by atoms with van der Waals surface area (Å²) < 4.78 is 49.0. The number of aliphatic carboxylic acids is 1. The lowest BCUT2D eigenvalue weighted by Gasteiger charge is -2.52. The monoisotopic (exact) mass is 485 g/mol. The van der Waals surface area contributed by atoms with E-state index < -0.39 is 12.1 Å². The molecule has 4 heterocycles. The maximum atomic E-state index is 12.7. The summed E-state index contributed by atoms with van der Waals surface area (Å²) in [4.78, 5) is 27.9. The number of carbonyl (C=O) groups is 2. The maximum absolute atomic E-state index is 12.7. The lowest BCUT2D eigenvalue weighted by molar-refractivity contribution is -0.192. The molecule has 34 heavy (non-hydrogen) atoms. The van der Waals surface area contributed by atoms with E-state index >= 15 is 0 Å². The van der Waals surface area contributed by atoms with Gasteiger partial charge in [-0.25, -0.2) is 4.79 Å². The van der Waals surface area contributed by atoms with Crippen LogP contribution in [-0.2, 0) is 20.9 Å². The Morgan fingerprint density at radius 2 is 1.94 bits per heavy atom. The zero-order chi connectivity index (χ0) is 25.1. The van der Waals surface area contributed by atoms with Crippen molar-refractivity contribution in [2.45, 2.75) is 58.1 Å². The van der Waals surface area contributed by atoms with Gasteiger partial charge in [-0.05, 0) is 39.3 Å². The van der Waals surface area contributed by atoms with E-state index in [1.807, 2.05) is 25.1 Å². The number of carboxylic acid groups (broad SMARTS) is 1. The molecular formula is C22H26F3N3O6. The van der Waals surface area contributed by atoms with Gasteiger partial charge >= 0.3 is 12.1 Å². The van der Waals surface area contributed by atoms with Crippen LogP contribution in [0.1, 0.15) is 46.0 Å². The van der Waals surface area contributed by atoms with Crippen LogP contribution in [0.2, 0.25) is 0 Å². The molecule has 2 aromatic heterocycles. The molecule has 1 amide bonds. The van der Waals surface area contributed by atoms with Crippen molar-refractivity contribution < 1.29 is 41.9 Å². The topological polar surface area (TPSA) is 115 Å². The Labute approximate surface area is 193 Å². The summed E-state index contributed by atoms with van der Waals surface area (Å²) in [6.45, 7) is 7.86. The SMILES string of the molecule is Cc1cccc(COC2CCOC3(C2)CN(C(=O)c2c(C)noc2C)C3)n1.O=C(O)C(F)(F)F. The third-order valence-corrected chi connectivity index (χ3v) is 5.60. The number of ether oxygens (including phenoxy) is 2. The molecule has 1 unspecified atom stereocenters. The first kappa shape index (κ1) is 25.6. The summed E-state index contributed by atoms with van der Waals surface area (Å²) in [6, 6.07) is 5.96. The minimum Gasteiger partial charge on any atom is -0.475 e. The molecule has 1 spiro atoms. The number of hydrogen-bond acceptors (Lipinski definition) is 7. The van der Waals surface area contributed by atoms with Crippen LogP contribution < -0.4 is 0 Å². The number of likely N-dealkylation sites (tertiary alicyclic amines) is 1. The highest BCUT2D eigenvalue weighted by Crippen LogP contribution is 2.36. The molecule has 2 aliphatic heterocycles.